The van der Waals surface area contributed by atoms with Crippen LogP contribution in [0.3, 0.4) is 0 Å². The Labute approximate surface area is 184 Å². The van der Waals surface area contributed by atoms with Crippen molar-refractivity contribution in [1.29, 1.82) is 0 Å². The van der Waals surface area contributed by atoms with Gasteiger partial charge < -0.3 is 14.6 Å². The Bertz CT molecular complexity index is 1380. The number of aromatic nitrogens is 2. The number of halogens is 1. The molecule has 2 aromatic heterocycles. The van der Waals surface area contributed by atoms with Gasteiger partial charge in [0, 0.05) is 42.3 Å². The van der Waals surface area contributed by atoms with Crippen molar-refractivity contribution >= 4 is 27.4 Å². The summed E-state index contributed by atoms with van der Waals surface area (Å²) in [6.45, 7) is 0.681. The molecule has 1 N–H and O–H groups in total. The SMILES string of the molecule is O=c1c2c(N3CC[C@@H](F)[C@H](O)C3)cccc2ccn1[C@@H]1C[C@@H]1c1ccc2ccccc2n1. The van der Waals surface area contributed by atoms with Crippen LogP contribution in [-0.2, 0) is 0 Å². The van der Waals surface area contributed by atoms with Crippen molar-refractivity contribution in [2.45, 2.75) is 37.1 Å². The number of pyridine rings is 2. The number of rotatable bonds is 3. The van der Waals surface area contributed by atoms with E-state index in [2.05, 4.69) is 18.2 Å². The van der Waals surface area contributed by atoms with Gasteiger partial charge in [-0.2, -0.15) is 0 Å². The second-order valence-electron chi connectivity index (χ2n) is 8.93. The van der Waals surface area contributed by atoms with Gasteiger partial charge in [0.1, 0.15) is 12.3 Å². The second kappa shape index (κ2) is 7.41. The molecule has 6 heteroatoms. The first-order valence-corrected chi connectivity index (χ1v) is 11.2. The zero-order valence-electron chi connectivity index (χ0n) is 17.6. The minimum absolute atomic E-state index is 0.0387. The lowest BCUT2D eigenvalue weighted by molar-refractivity contribution is 0.0646. The molecule has 0 bridgehead atoms. The van der Waals surface area contributed by atoms with Crippen LogP contribution in [-0.4, -0.2) is 40.0 Å². The number of hydrogen-bond donors (Lipinski definition) is 1. The van der Waals surface area contributed by atoms with Crippen molar-refractivity contribution in [1.82, 2.24) is 9.55 Å². The highest BCUT2D eigenvalue weighted by Crippen LogP contribution is 2.50. The maximum Gasteiger partial charge on any atom is 0.260 e. The molecule has 1 saturated heterocycles. The molecule has 1 aliphatic heterocycles. The number of hydrogen-bond acceptors (Lipinski definition) is 4. The van der Waals surface area contributed by atoms with Gasteiger partial charge in [0.25, 0.3) is 5.56 Å². The number of alkyl halides is 1. The summed E-state index contributed by atoms with van der Waals surface area (Å²) in [6.07, 6.45) is 0.779. The number of anilines is 1. The summed E-state index contributed by atoms with van der Waals surface area (Å²) in [5, 5.41) is 12.6. The Hall–Kier alpha value is -3.25. The van der Waals surface area contributed by atoms with E-state index < -0.39 is 12.3 Å². The Morgan fingerprint density at radius 2 is 1.84 bits per heavy atom. The standard InChI is InChI=1S/C26H24FN3O2/c27-19-11-12-29(15-24(19)31)22-7-3-5-17-10-13-30(26(32)25(17)22)23-14-18(23)21-9-8-16-4-1-2-6-20(16)28-21/h1-10,13,18-19,23-24,31H,11-12,14-15H2/t18-,19-,23-,24-/m1/s1. The molecule has 0 unspecified atom stereocenters. The normalized spacial score (nSPS) is 25.4. The first kappa shape index (κ1) is 19.4. The number of benzene rings is 2. The summed E-state index contributed by atoms with van der Waals surface area (Å²) >= 11 is 0. The average molecular weight is 429 g/mol. The molecular formula is C26H24FN3O2. The largest absolute Gasteiger partial charge is 0.388 e. The molecule has 4 aromatic rings. The van der Waals surface area contributed by atoms with E-state index in [0.717, 1.165) is 34.1 Å². The van der Waals surface area contributed by atoms with Crippen LogP contribution >= 0.6 is 0 Å². The highest BCUT2D eigenvalue weighted by atomic mass is 19.1. The van der Waals surface area contributed by atoms with Crippen LogP contribution < -0.4 is 10.5 Å². The van der Waals surface area contributed by atoms with Crippen LogP contribution in [0.15, 0.2) is 71.7 Å². The Balaban J connectivity index is 1.36. The Kier molecular flexibility index (Phi) is 4.50. The highest BCUT2D eigenvalue weighted by molar-refractivity contribution is 5.93. The van der Waals surface area contributed by atoms with Crippen molar-refractivity contribution in [3.05, 3.63) is 82.9 Å². The number of β-amino-alcohol motifs (C(OH)–C–C–N with tert-alkyl or cyclic N) is 1. The zero-order valence-corrected chi connectivity index (χ0v) is 17.6. The van der Waals surface area contributed by atoms with Gasteiger partial charge in [-0.05, 0) is 42.5 Å². The molecule has 0 amide bonds. The van der Waals surface area contributed by atoms with Crippen LogP contribution in [0.4, 0.5) is 10.1 Å². The van der Waals surface area contributed by atoms with Crippen LogP contribution in [0.5, 0.6) is 0 Å². The molecule has 32 heavy (non-hydrogen) atoms. The van der Waals surface area contributed by atoms with Crippen LogP contribution in [0.25, 0.3) is 21.7 Å². The molecule has 0 spiro atoms. The third kappa shape index (κ3) is 3.17. The van der Waals surface area contributed by atoms with Crippen LogP contribution in [0, 0.1) is 0 Å². The molecule has 2 fully saturated rings. The summed E-state index contributed by atoms with van der Waals surface area (Å²) < 4.78 is 15.6. The lowest BCUT2D eigenvalue weighted by Gasteiger charge is -2.34. The number of fused-ring (bicyclic) bond motifs is 2. The first-order valence-electron chi connectivity index (χ1n) is 11.2. The van der Waals surface area contributed by atoms with Crippen molar-refractivity contribution in [2.75, 3.05) is 18.0 Å². The smallest absolute Gasteiger partial charge is 0.260 e. The fourth-order valence-corrected chi connectivity index (χ4v) is 5.03. The summed E-state index contributed by atoms with van der Waals surface area (Å²) in [5.41, 5.74) is 2.72. The third-order valence-corrected chi connectivity index (χ3v) is 6.89. The van der Waals surface area contributed by atoms with E-state index in [1.54, 1.807) is 0 Å². The first-order chi connectivity index (χ1) is 15.6. The molecule has 2 aromatic carbocycles. The summed E-state index contributed by atoms with van der Waals surface area (Å²) in [4.78, 5) is 20.3. The van der Waals surface area contributed by atoms with Crippen molar-refractivity contribution in [3.63, 3.8) is 0 Å². The molecular weight excluding hydrogens is 405 g/mol. The average Bonchev–Trinajstić information content (AvgIpc) is 3.61. The lowest BCUT2D eigenvalue weighted by Crippen LogP contribution is -2.45. The monoisotopic (exact) mass is 429 g/mol. The molecule has 1 saturated carbocycles. The lowest BCUT2D eigenvalue weighted by atomic mass is 10.0. The minimum Gasteiger partial charge on any atom is -0.388 e. The van der Waals surface area contributed by atoms with Gasteiger partial charge >= 0.3 is 0 Å². The van der Waals surface area contributed by atoms with Gasteiger partial charge in [-0.15, -0.1) is 0 Å². The highest BCUT2D eigenvalue weighted by Gasteiger charge is 2.42. The maximum absolute atomic E-state index is 13.8. The summed E-state index contributed by atoms with van der Waals surface area (Å²) in [5.74, 6) is 0.214. The third-order valence-electron chi connectivity index (χ3n) is 6.89. The second-order valence-corrected chi connectivity index (χ2v) is 8.93. The van der Waals surface area contributed by atoms with Crippen LogP contribution in [0.1, 0.15) is 30.5 Å². The van der Waals surface area contributed by atoms with E-state index in [0.29, 0.717) is 11.9 Å². The predicted octanol–water partition coefficient (Wildman–Crippen LogP) is 4.19. The molecule has 3 heterocycles. The van der Waals surface area contributed by atoms with E-state index in [-0.39, 0.29) is 30.5 Å². The van der Waals surface area contributed by atoms with Gasteiger partial charge in [-0.25, -0.2) is 4.39 Å². The molecule has 0 radical (unpaired) electrons. The summed E-state index contributed by atoms with van der Waals surface area (Å²) in [6, 6.07) is 20.0. The Morgan fingerprint density at radius 3 is 2.72 bits per heavy atom. The minimum atomic E-state index is -1.21. The topological polar surface area (TPSA) is 58.4 Å². The van der Waals surface area contributed by atoms with Gasteiger partial charge in [-0.3, -0.25) is 9.78 Å². The molecule has 6 rings (SSSR count). The fraction of sp³-hybridized carbons (Fsp3) is 0.308. The molecule has 4 atom stereocenters. The molecule has 162 valence electrons. The van der Waals surface area contributed by atoms with Gasteiger partial charge in [-0.1, -0.05) is 36.4 Å². The maximum atomic E-state index is 13.8. The molecule has 2 aliphatic rings. The molecule has 1 aliphatic carbocycles. The Morgan fingerprint density at radius 1 is 1.00 bits per heavy atom. The van der Waals surface area contributed by atoms with E-state index in [9.17, 15) is 14.3 Å². The fourth-order valence-electron chi connectivity index (χ4n) is 5.03. The quantitative estimate of drug-likeness (QED) is 0.531. The van der Waals surface area contributed by atoms with E-state index in [4.69, 9.17) is 4.98 Å². The van der Waals surface area contributed by atoms with Gasteiger partial charge in [0.2, 0.25) is 0 Å². The molecule has 5 nitrogen and oxygen atoms in total. The number of aliphatic hydroxyl groups is 1. The van der Waals surface area contributed by atoms with Crippen LogP contribution in [0.2, 0.25) is 0 Å². The van der Waals surface area contributed by atoms with E-state index in [1.165, 1.54) is 0 Å². The van der Waals surface area contributed by atoms with Gasteiger partial charge in [0.15, 0.2) is 0 Å². The number of aliphatic hydroxyl groups excluding tert-OH is 1. The van der Waals surface area contributed by atoms with Crippen molar-refractivity contribution < 1.29 is 9.50 Å². The summed E-state index contributed by atoms with van der Waals surface area (Å²) in [7, 11) is 0. The predicted molar refractivity (Wildman–Crippen MR) is 124 cm³/mol. The number of para-hydroxylation sites is 1. The van der Waals surface area contributed by atoms with E-state index >= 15 is 0 Å². The number of piperidine rings is 1. The van der Waals surface area contributed by atoms with Gasteiger partial charge in [0.05, 0.1) is 16.6 Å². The van der Waals surface area contributed by atoms with E-state index in [1.807, 2.05) is 58.1 Å². The van der Waals surface area contributed by atoms with Crippen molar-refractivity contribution in [2.24, 2.45) is 0 Å². The number of nitrogens with zero attached hydrogens (tertiary/aromatic N) is 3. The zero-order chi connectivity index (χ0) is 21.8. The van der Waals surface area contributed by atoms with Crippen molar-refractivity contribution in [3.8, 4) is 0 Å².